The fourth-order valence-corrected chi connectivity index (χ4v) is 5.78. The van der Waals surface area contributed by atoms with Crippen LogP contribution in [0.25, 0.3) is 0 Å². The summed E-state index contributed by atoms with van der Waals surface area (Å²) >= 11 is 17.1. The molecule has 0 saturated carbocycles. The van der Waals surface area contributed by atoms with Crippen molar-refractivity contribution in [3.63, 3.8) is 0 Å². The van der Waals surface area contributed by atoms with Gasteiger partial charge in [-0.15, -0.1) is 0 Å². The van der Waals surface area contributed by atoms with Crippen LogP contribution in [-0.4, -0.2) is 16.8 Å². The number of benzene rings is 2. The molecule has 0 aromatic heterocycles. The van der Waals surface area contributed by atoms with Crippen LogP contribution in [-0.2, 0) is 21.5 Å². The second kappa shape index (κ2) is 6.26. The van der Waals surface area contributed by atoms with E-state index in [0.29, 0.717) is 0 Å². The molecule has 0 spiro atoms. The quantitative estimate of drug-likeness (QED) is 0.564. The van der Waals surface area contributed by atoms with E-state index >= 15 is 0 Å². The summed E-state index contributed by atoms with van der Waals surface area (Å²) in [5.41, 5.74) is 1.04. The van der Waals surface area contributed by atoms with Crippen LogP contribution in [0.4, 0.5) is 0 Å². The van der Waals surface area contributed by atoms with E-state index in [1.807, 2.05) is 0 Å². The Morgan fingerprint density at radius 3 is 1.39 bits per heavy atom. The van der Waals surface area contributed by atoms with E-state index in [9.17, 15) is 16.8 Å². The maximum Gasteiger partial charge on any atom is 0.286 e. The first-order valence-corrected chi connectivity index (χ1v) is 10.8. The van der Waals surface area contributed by atoms with Crippen LogP contribution in [0.3, 0.4) is 0 Å². The van der Waals surface area contributed by atoms with E-state index in [1.165, 1.54) is 36.4 Å². The highest BCUT2D eigenvalue weighted by Gasteiger charge is 2.34. The van der Waals surface area contributed by atoms with Crippen molar-refractivity contribution in [3.8, 4) is 0 Å². The Labute approximate surface area is 149 Å². The first-order chi connectivity index (χ1) is 10.5. The van der Waals surface area contributed by atoms with Gasteiger partial charge < -0.3 is 0 Å². The molecule has 23 heavy (non-hydrogen) atoms. The lowest BCUT2D eigenvalue weighted by atomic mass is 10.2. The van der Waals surface area contributed by atoms with E-state index in [-0.39, 0.29) is 10.5 Å². The molecule has 0 unspecified atom stereocenters. The zero-order chi connectivity index (χ0) is 17.5. The highest BCUT2D eigenvalue weighted by Crippen LogP contribution is 2.38. The Kier molecular flexibility index (Phi) is 5.05. The molecule has 0 atom stereocenters. The molecule has 0 N–H and O–H groups in total. The summed E-state index contributed by atoms with van der Waals surface area (Å²) in [6, 6.07) is 10.2. The van der Waals surface area contributed by atoms with E-state index < -0.39 is 26.4 Å². The third-order valence-corrected chi connectivity index (χ3v) is 8.89. The Hall–Kier alpha value is -0.790. The maximum absolute atomic E-state index is 12.4. The van der Waals surface area contributed by atoms with E-state index in [4.69, 9.17) is 34.8 Å². The predicted octanol–water partition coefficient (Wildman–Crippen LogP) is 3.98. The number of hydrogen-bond donors (Lipinski definition) is 0. The van der Waals surface area contributed by atoms with Gasteiger partial charge in [0, 0.05) is 5.56 Å². The lowest BCUT2D eigenvalue weighted by Crippen LogP contribution is -2.16. The molecule has 124 valence electrons. The molecule has 0 fully saturated rings. The fraction of sp³-hybridized carbons (Fsp3) is 0.143. The smallest absolute Gasteiger partial charge is 0.207 e. The van der Waals surface area contributed by atoms with Gasteiger partial charge in [0.2, 0.25) is 3.79 Å². The van der Waals surface area contributed by atoms with Crippen LogP contribution in [0.1, 0.15) is 11.1 Å². The van der Waals surface area contributed by atoms with Gasteiger partial charge in [-0.1, -0.05) is 64.6 Å². The van der Waals surface area contributed by atoms with Crippen molar-refractivity contribution in [1.82, 2.24) is 0 Å². The summed E-state index contributed by atoms with van der Waals surface area (Å²) in [5.74, 6) is 0. The number of alkyl halides is 3. The van der Waals surface area contributed by atoms with Crippen molar-refractivity contribution < 1.29 is 16.8 Å². The summed E-state index contributed by atoms with van der Waals surface area (Å²) in [7, 11) is -9.21. The summed E-state index contributed by atoms with van der Waals surface area (Å²) in [6.45, 7) is 1.76. The van der Waals surface area contributed by atoms with Gasteiger partial charge in [0.05, 0.1) is 9.79 Å². The molecule has 4 nitrogen and oxygen atoms in total. The third kappa shape index (κ3) is 3.67. The highest BCUT2D eigenvalue weighted by molar-refractivity contribution is 8.67. The van der Waals surface area contributed by atoms with Gasteiger partial charge in [0.25, 0.3) is 17.7 Å². The second-order valence-electron chi connectivity index (χ2n) is 4.74. The Bertz CT molecular complexity index is 911. The van der Waals surface area contributed by atoms with Crippen LogP contribution in [0, 0.1) is 6.92 Å². The van der Waals surface area contributed by atoms with Crippen molar-refractivity contribution in [2.75, 3.05) is 0 Å². The molecular weight excluding hydrogens is 403 g/mol. The van der Waals surface area contributed by atoms with Crippen molar-refractivity contribution >= 4 is 52.5 Å². The van der Waals surface area contributed by atoms with Crippen LogP contribution in [0.15, 0.2) is 58.3 Å². The van der Waals surface area contributed by atoms with Crippen molar-refractivity contribution in [3.05, 3.63) is 59.7 Å². The van der Waals surface area contributed by atoms with Crippen LogP contribution < -0.4 is 0 Å². The molecule has 0 aliphatic rings. The molecule has 0 aliphatic heterocycles. The number of halogens is 3. The minimum Gasteiger partial charge on any atom is -0.207 e. The van der Waals surface area contributed by atoms with Gasteiger partial charge in [0.15, 0.2) is 0 Å². The minimum atomic E-state index is -4.62. The molecule has 0 amide bonds. The molecule has 9 heteroatoms. The topological polar surface area (TPSA) is 68.3 Å². The molecule has 2 rings (SSSR count). The zero-order valence-corrected chi connectivity index (χ0v) is 15.6. The van der Waals surface area contributed by atoms with Gasteiger partial charge in [-0.3, -0.25) is 0 Å². The average Bonchev–Trinajstić information content (AvgIpc) is 2.46. The predicted molar refractivity (Wildman–Crippen MR) is 91.2 cm³/mol. The lowest BCUT2D eigenvalue weighted by Gasteiger charge is -2.12. The standard InChI is InChI=1S/C14H11Cl3O4S2/c1-10-2-6-12(7-3-10)22(18,19)23(20,21)13-8-4-11(5-9-13)14(15,16)17/h2-9H,1H3. The number of rotatable bonds is 3. The van der Waals surface area contributed by atoms with E-state index in [2.05, 4.69) is 0 Å². The van der Waals surface area contributed by atoms with Gasteiger partial charge in [-0.25, -0.2) is 16.8 Å². The van der Waals surface area contributed by atoms with Crippen LogP contribution >= 0.6 is 34.8 Å². The summed E-state index contributed by atoms with van der Waals surface area (Å²) in [6.07, 6.45) is 0. The number of aryl methyl sites for hydroxylation is 1. The van der Waals surface area contributed by atoms with Crippen molar-refractivity contribution in [2.45, 2.75) is 20.5 Å². The SMILES string of the molecule is Cc1ccc(S(=O)(=O)S(=O)(=O)c2ccc(C(Cl)(Cl)Cl)cc2)cc1. The Morgan fingerprint density at radius 1 is 0.696 bits per heavy atom. The molecule has 0 radical (unpaired) electrons. The average molecular weight is 414 g/mol. The van der Waals surface area contributed by atoms with Gasteiger partial charge in [-0.05, 0) is 31.2 Å². The van der Waals surface area contributed by atoms with Crippen molar-refractivity contribution in [1.29, 1.82) is 0 Å². The highest BCUT2D eigenvalue weighted by atomic mass is 35.6. The molecule has 0 saturated heterocycles. The Morgan fingerprint density at radius 2 is 1.04 bits per heavy atom. The molecule has 0 aliphatic carbocycles. The molecule has 0 heterocycles. The third-order valence-electron chi connectivity index (χ3n) is 3.07. The largest absolute Gasteiger partial charge is 0.286 e. The van der Waals surface area contributed by atoms with Crippen LogP contribution in [0.5, 0.6) is 0 Å². The van der Waals surface area contributed by atoms with Gasteiger partial charge >= 0.3 is 0 Å². The van der Waals surface area contributed by atoms with E-state index in [1.54, 1.807) is 6.92 Å². The lowest BCUT2D eigenvalue weighted by molar-refractivity contribution is 0.582. The van der Waals surface area contributed by atoms with Gasteiger partial charge in [0.1, 0.15) is 0 Å². The van der Waals surface area contributed by atoms with Crippen LogP contribution in [0.2, 0.25) is 0 Å². The zero-order valence-electron chi connectivity index (χ0n) is 11.7. The summed E-state index contributed by atoms with van der Waals surface area (Å²) < 4.78 is 47.9. The normalized spacial score (nSPS) is 13.0. The Balaban J connectivity index is 2.51. The summed E-state index contributed by atoms with van der Waals surface area (Å²) in [4.78, 5) is -0.690. The van der Waals surface area contributed by atoms with E-state index in [0.717, 1.165) is 17.7 Å². The second-order valence-corrected chi connectivity index (χ2v) is 12.4. The number of hydrogen-bond acceptors (Lipinski definition) is 4. The molecule has 2 aromatic carbocycles. The first-order valence-electron chi connectivity index (χ1n) is 6.20. The van der Waals surface area contributed by atoms with Gasteiger partial charge in [-0.2, -0.15) is 0 Å². The molecular formula is C14H11Cl3O4S2. The fourth-order valence-electron chi connectivity index (χ4n) is 1.77. The minimum absolute atomic E-state index is 0.231. The maximum atomic E-state index is 12.4. The monoisotopic (exact) mass is 412 g/mol. The van der Waals surface area contributed by atoms with Crippen molar-refractivity contribution in [2.24, 2.45) is 0 Å². The summed E-state index contributed by atoms with van der Waals surface area (Å²) in [5, 5.41) is 0. The molecule has 0 bridgehead atoms. The first kappa shape index (κ1) is 18.5. The molecule has 2 aromatic rings.